The molecule has 46 valence electrons. The molecular weight excluding hydrogens is 126 g/mol. The molecule has 0 amide bonds. The van der Waals surface area contributed by atoms with Crippen LogP contribution in [0.25, 0.3) is 0 Å². The van der Waals surface area contributed by atoms with Gasteiger partial charge in [-0.2, -0.15) is 0 Å². The van der Waals surface area contributed by atoms with Crippen molar-refractivity contribution >= 4 is 26.7 Å². The van der Waals surface area contributed by atoms with Crippen molar-refractivity contribution in [3.05, 3.63) is 13.2 Å². The third kappa shape index (κ3) is 956. The van der Waals surface area contributed by atoms with Gasteiger partial charge in [-0.05, 0) is 0 Å². The fourth-order valence-corrected chi connectivity index (χ4v) is 0. The Morgan fingerprint density at radius 2 is 1.12 bits per heavy atom. The van der Waals surface area contributed by atoms with Crippen LogP contribution in [0.4, 0.5) is 0 Å². The molecule has 0 rings (SSSR count). The van der Waals surface area contributed by atoms with Crippen LogP contribution in [0.3, 0.4) is 0 Å². The number of hydrogen-bond donors (Lipinski definition) is 3. The molecule has 0 heterocycles. The standard InChI is InChI=1S/C2H4.Li.H3O4P.H/c1-2;;1-5(2,3)4;/h1-2H2;;(H3,1,2,3,4);. The summed E-state index contributed by atoms with van der Waals surface area (Å²) >= 11 is 0. The molecule has 0 unspecified atom stereocenters. The van der Waals surface area contributed by atoms with E-state index in [2.05, 4.69) is 13.2 Å². The molecule has 6 heteroatoms. The summed E-state index contributed by atoms with van der Waals surface area (Å²) in [6.45, 7) is 6.00. The fourth-order valence-electron chi connectivity index (χ4n) is 0. The zero-order valence-corrected chi connectivity index (χ0v) is 4.51. The van der Waals surface area contributed by atoms with Crippen molar-refractivity contribution in [2.75, 3.05) is 0 Å². The van der Waals surface area contributed by atoms with Crippen molar-refractivity contribution in [1.29, 1.82) is 0 Å². The van der Waals surface area contributed by atoms with Gasteiger partial charge in [0.25, 0.3) is 0 Å². The molecule has 0 spiro atoms. The van der Waals surface area contributed by atoms with Gasteiger partial charge in [-0.25, -0.2) is 4.57 Å². The molecule has 0 aliphatic rings. The molecule has 0 bridgehead atoms. The van der Waals surface area contributed by atoms with Crippen LogP contribution >= 0.6 is 7.82 Å². The van der Waals surface area contributed by atoms with Crippen LogP contribution in [0.2, 0.25) is 0 Å². The third-order valence-corrected chi connectivity index (χ3v) is 0. The summed E-state index contributed by atoms with van der Waals surface area (Å²) in [5.74, 6) is 0. The predicted octanol–water partition coefficient (Wildman–Crippen LogP) is -0.775. The first kappa shape index (κ1) is 15.8. The van der Waals surface area contributed by atoms with Crippen molar-refractivity contribution < 1.29 is 19.2 Å². The van der Waals surface area contributed by atoms with Crippen LogP contribution in [0.15, 0.2) is 13.2 Å². The van der Waals surface area contributed by atoms with Gasteiger partial charge in [0.2, 0.25) is 0 Å². The van der Waals surface area contributed by atoms with Crippen molar-refractivity contribution in [3.8, 4) is 0 Å². The molecule has 0 saturated carbocycles. The Balaban J connectivity index is -0.0000000750. The van der Waals surface area contributed by atoms with E-state index in [0.717, 1.165) is 0 Å². The third-order valence-electron chi connectivity index (χ3n) is 0. The quantitative estimate of drug-likeness (QED) is 0.231. The topological polar surface area (TPSA) is 77.8 Å². The maximum atomic E-state index is 8.88. The van der Waals surface area contributed by atoms with Gasteiger partial charge in [0.15, 0.2) is 0 Å². The van der Waals surface area contributed by atoms with Crippen molar-refractivity contribution in [1.82, 2.24) is 0 Å². The van der Waals surface area contributed by atoms with Crippen LogP contribution in [0.5, 0.6) is 0 Å². The Kier molecular flexibility index (Phi) is 14.7. The van der Waals surface area contributed by atoms with E-state index in [1.54, 1.807) is 0 Å². The van der Waals surface area contributed by atoms with Crippen molar-refractivity contribution in [2.24, 2.45) is 0 Å². The van der Waals surface area contributed by atoms with Gasteiger partial charge in [0.05, 0.1) is 0 Å². The Labute approximate surface area is 59.7 Å². The van der Waals surface area contributed by atoms with Crippen molar-refractivity contribution in [2.45, 2.75) is 0 Å². The van der Waals surface area contributed by atoms with E-state index in [-0.39, 0.29) is 18.9 Å². The Hall–Kier alpha value is 0.447. The first-order valence-electron chi connectivity index (χ1n) is 1.28. The zero-order valence-electron chi connectivity index (χ0n) is 3.61. The molecule has 0 aliphatic carbocycles. The Morgan fingerprint density at radius 3 is 1.12 bits per heavy atom. The van der Waals surface area contributed by atoms with E-state index in [9.17, 15) is 0 Å². The molecule has 0 aromatic heterocycles. The monoisotopic (exact) mass is 134 g/mol. The van der Waals surface area contributed by atoms with Gasteiger partial charge < -0.3 is 14.7 Å². The number of phosphoric acid groups is 1. The van der Waals surface area contributed by atoms with Gasteiger partial charge in [0, 0.05) is 0 Å². The molecule has 0 aliphatic heterocycles. The summed E-state index contributed by atoms with van der Waals surface area (Å²) in [5, 5.41) is 0. The van der Waals surface area contributed by atoms with Crippen LogP contribution < -0.4 is 0 Å². The fraction of sp³-hybridized carbons (Fsp3) is 0. The molecule has 0 radical (unpaired) electrons. The second kappa shape index (κ2) is 7.45. The normalized spacial score (nSPS) is 7.88. The van der Waals surface area contributed by atoms with E-state index < -0.39 is 7.82 Å². The summed E-state index contributed by atoms with van der Waals surface area (Å²) in [4.78, 5) is 21.6. The SMILES string of the molecule is C=C.O=P(O)(O)O.[LiH]. The first-order chi connectivity index (χ1) is 3.00. The number of hydrogen-bond acceptors (Lipinski definition) is 1. The zero-order chi connectivity index (χ0) is 6.50. The molecule has 4 nitrogen and oxygen atoms in total. The molecule has 8 heavy (non-hydrogen) atoms. The van der Waals surface area contributed by atoms with Crippen LogP contribution in [-0.2, 0) is 4.57 Å². The van der Waals surface area contributed by atoms with Gasteiger partial charge in [0.1, 0.15) is 0 Å². The second-order valence-corrected chi connectivity index (χ2v) is 1.54. The Bertz CT molecular complexity index is 69.8. The molecule has 0 fully saturated rings. The summed E-state index contributed by atoms with van der Waals surface area (Å²) in [6, 6.07) is 0. The second-order valence-electron chi connectivity index (χ2n) is 0.513. The van der Waals surface area contributed by atoms with E-state index in [4.69, 9.17) is 19.2 Å². The van der Waals surface area contributed by atoms with Gasteiger partial charge in [-0.3, -0.25) is 0 Å². The van der Waals surface area contributed by atoms with E-state index in [1.165, 1.54) is 0 Å². The van der Waals surface area contributed by atoms with Crippen LogP contribution in [0, 0.1) is 0 Å². The first-order valence-corrected chi connectivity index (χ1v) is 2.85. The number of rotatable bonds is 0. The predicted molar refractivity (Wildman–Crippen MR) is 32.7 cm³/mol. The average Bonchev–Trinajstić information content (AvgIpc) is 1.36. The van der Waals surface area contributed by atoms with Gasteiger partial charge in [-0.1, -0.05) is 0 Å². The van der Waals surface area contributed by atoms with Gasteiger partial charge in [-0.15, -0.1) is 13.2 Å². The molecule has 0 aromatic rings. The summed E-state index contributed by atoms with van der Waals surface area (Å²) in [5.41, 5.74) is 0. The molecule has 0 aromatic carbocycles. The summed E-state index contributed by atoms with van der Waals surface area (Å²) in [7, 11) is -4.64. The van der Waals surface area contributed by atoms with E-state index in [0.29, 0.717) is 0 Å². The summed E-state index contributed by atoms with van der Waals surface area (Å²) < 4.78 is 8.88. The van der Waals surface area contributed by atoms with Crippen LogP contribution in [-0.4, -0.2) is 33.5 Å². The van der Waals surface area contributed by atoms with Crippen molar-refractivity contribution in [3.63, 3.8) is 0 Å². The van der Waals surface area contributed by atoms with E-state index >= 15 is 0 Å². The van der Waals surface area contributed by atoms with E-state index in [1.807, 2.05) is 0 Å². The maximum absolute atomic E-state index is 8.88. The summed E-state index contributed by atoms with van der Waals surface area (Å²) in [6.07, 6.45) is 0. The minimum atomic E-state index is -4.64. The average molecular weight is 134 g/mol. The Morgan fingerprint density at radius 1 is 1.12 bits per heavy atom. The van der Waals surface area contributed by atoms with Gasteiger partial charge >= 0.3 is 26.7 Å². The molecule has 0 saturated heterocycles. The molecular formula is C2H8LiO4P. The van der Waals surface area contributed by atoms with Crippen LogP contribution in [0.1, 0.15) is 0 Å². The molecule has 0 atom stereocenters. The minimum absolute atomic E-state index is 0. The molecule has 3 N–H and O–H groups in total.